The lowest BCUT2D eigenvalue weighted by Gasteiger charge is -2.09. The molecule has 0 bridgehead atoms. The Morgan fingerprint density at radius 2 is 1.92 bits per heavy atom. The van der Waals surface area contributed by atoms with E-state index in [-0.39, 0.29) is 11.4 Å². The molecule has 0 radical (unpaired) electrons. The number of amides is 1. The summed E-state index contributed by atoms with van der Waals surface area (Å²) in [7, 11) is 0. The summed E-state index contributed by atoms with van der Waals surface area (Å²) in [6, 6.07) is 6.90. The first-order valence-corrected chi connectivity index (χ1v) is 7.28. The van der Waals surface area contributed by atoms with Crippen molar-refractivity contribution in [2.45, 2.75) is 6.18 Å². The van der Waals surface area contributed by atoms with Crippen molar-refractivity contribution in [3.63, 3.8) is 0 Å². The van der Waals surface area contributed by atoms with Crippen LogP contribution in [0.3, 0.4) is 0 Å². The normalized spacial score (nSPS) is 11.7. The minimum Gasteiger partial charge on any atom is -0.354 e. The molecule has 0 atom stereocenters. The van der Waals surface area contributed by atoms with Crippen LogP contribution in [0.1, 0.15) is 15.9 Å². The van der Waals surface area contributed by atoms with Crippen molar-refractivity contribution in [3.05, 3.63) is 57.8 Å². The molecule has 2 aromatic carbocycles. The summed E-state index contributed by atoms with van der Waals surface area (Å²) >= 11 is 3.25. The SMILES string of the molecule is O=C(Nc1noc2cc(Br)ccc12)c1ccc(C(F)(F)F)c(F)c1. The third-order valence-electron chi connectivity index (χ3n) is 3.20. The van der Waals surface area contributed by atoms with Crippen molar-refractivity contribution in [2.24, 2.45) is 0 Å². The highest BCUT2D eigenvalue weighted by Crippen LogP contribution is 2.32. The van der Waals surface area contributed by atoms with Crippen LogP contribution in [-0.4, -0.2) is 11.1 Å². The Labute approximate surface area is 140 Å². The third-order valence-corrected chi connectivity index (χ3v) is 3.70. The molecule has 0 fully saturated rings. The molecular formula is C15H7BrF4N2O2. The maximum atomic E-state index is 13.5. The number of aromatic nitrogens is 1. The molecular weight excluding hydrogens is 396 g/mol. The maximum Gasteiger partial charge on any atom is 0.419 e. The molecule has 3 aromatic rings. The number of nitrogens with one attached hydrogen (secondary N) is 1. The summed E-state index contributed by atoms with van der Waals surface area (Å²) in [4.78, 5) is 12.1. The second-order valence-corrected chi connectivity index (χ2v) is 5.73. The van der Waals surface area contributed by atoms with Gasteiger partial charge in [-0.25, -0.2) is 4.39 Å². The average molecular weight is 403 g/mol. The van der Waals surface area contributed by atoms with Crippen molar-refractivity contribution < 1.29 is 26.9 Å². The lowest BCUT2D eigenvalue weighted by atomic mass is 10.1. The van der Waals surface area contributed by atoms with Crippen LogP contribution >= 0.6 is 15.9 Å². The molecule has 1 amide bonds. The maximum absolute atomic E-state index is 13.5. The molecule has 0 saturated heterocycles. The quantitative estimate of drug-likeness (QED) is 0.613. The van der Waals surface area contributed by atoms with Gasteiger partial charge in [0.1, 0.15) is 5.82 Å². The van der Waals surface area contributed by atoms with Gasteiger partial charge in [0.15, 0.2) is 11.4 Å². The topological polar surface area (TPSA) is 55.1 Å². The Kier molecular flexibility index (Phi) is 4.04. The fourth-order valence-electron chi connectivity index (χ4n) is 2.07. The van der Waals surface area contributed by atoms with E-state index >= 15 is 0 Å². The monoisotopic (exact) mass is 402 g/mol. The number of halogens is 5. The first kappa shape index (κ1) is 16.4. The number of anilines is 1. The van der Waals surface area contributed by atoms with Crippen LogP contribution in [0.2, 0.25) is 0 Å². The molecule has 0 spiro atoms. The van der Waals surface area contributed by atoms with Crippen LogP contribution in [0, 0.1) is 5.82 Å². The van der Waals surface area contributed by atoms with Crippen LogP contribution in [-0.2, 0) is 6.18 Å². The lowest BCUT2D eigenvalue weighted by molar-refractivity contribution is -0.140. The molecule has 0 saturated carbocycles. The molecule has 9 heteroatoms. The summed E-state index contributed by atoms with van der Waals surface area (Å²) in [5, 5.41) is 6.56. The minimum atomic E-state index is -4.82. The van der Waals surface area contributed by atoms with Gasteiger partial charge < -0.3 is 9.84 Å². The second-order valence-electron chi connectivity index (χ2n) is 4.82. The Morgan fingerprint density at radius 3 is 2.58 bits per heavy atom. The van der Waals surface area contributed by atoms with E-state index in [1.165, 1.54) is 0 Å². The summed E-state index contributed by atoms with van der Waals surface area (Å²) in [5.41, 5.74) is -1.30. The highest BCUT2D eigenvalue weighted by Gasteiger charge is 2.34. The predicted molar refractivity (Wildman–Crippen MR) is 81.1 cm³/mol. The van der Waals surface area contributed by atoms with E-state index in [2.05, 4.69) is 26.4 Å². The van der Waals surface area contributed by atoms with Crippen LogP contribution < -0.4 is 5.32 Å². The van der Waals surface area contributed by atoms with E-state index < -0.39 is 23.5 Å². The highest BCUT2D eigenvalue weighted by atomic mass is 79.9. The van der Waals surface area contributed by atoms with Crippen molar-refractivity contribution in [2.75, 3.05) is 5.32 Å². The van der Waals surface area contributed by atoms with Gasteiger partial charge in [0.2, 0.25) is 0 Å². The first-order valence-electron chi connectivity index (χ1n) is 6.49. The number of alkyl halides is 3. The Hall–Kier alpha value is -2.42. The third kappa shape index (κ3) is 3.12. The summed E-state index contributed by atoms with van der Waals surface area (Å²) in [6.45, 7) is 0. The fourth-order valence-corrected chi connectivity index (χ4v) is 2.41. The number of nitrogens with zero attached hydrogens (tertiary/aromatic N) is 1. The molecule has 4 nitrogen and oxygen atoms in total. The van der Waals surface area contributed by atoms with Gasteiger partial charge in [0.25, 0.3) is 5.91 Å². The summed E-state index contributed by atoms with van der Waals surface area (Å²) < 4.78 is 56.9. The van der Waals surface area contributed by atoms with Crippen LogP contribution in [0.25, 0.3) is 11.0 Å². The number of hydrogen-bond donors (Lipinski definition) is 1. The zero-order chi connectivity index (χ0) is 17.5. The van der Waals surface area contributed by atoms with Crippen molar-refractivity contribution in [3.8, 4) is 0 Å². The first-order chi connectivity index (χ1) is 11.3. The molecule has 124 valence electrons. The van der Waals surface area contributed by atoms with Crippen LogP contribution in [0.15, 0.2) is 45.4 Å². The number of fused-ring (bicyclic) bond motifs is 1. The molecule has 3 rings (SSSR count). The zero-order valence-electron chi connectivity index (χ0n) is 11.6. The van der Waals surface area contributed by atoms with E-state index in [9.17, 15) is 22.4 Å². The van der Waals surface area contributed by atoms with E-state index in [4.69, 9.17) is 4.52 Å². The molecule has 24 heavy (non-hydrogen) atoms. The predicted octanol–water partition coefficient (Wildman–Crippen LogP) is 5.00. The van der Waals surface area contributed by atoms with Gasteiger partial charge in [-0.05, 0) is 36.4 Å². The minimum absolute atomic E-state index is 0.0859. The number of carbonyl (C=O) groups excluding carboxylic acids is 1. The van der Waals surface area contributed by atoms with Crippen molar-refractivity contribution in [1.82, 2.24) is 5.16 Å². The molecule has 1 heterocycles. The van der Waals surface area contributed by atoms with Crippen molar-refractivity contribution in [1.29, 1.82) is 0 Å². The highest BCUT2D eigenvalue weighted by molar-refractivity contribution is 9.10. The van der Waals surface area contributed by atoms with Gasteiger partial charge in [-0.15, -0.1) is 0 Å². The number of hydrogen-bond acceptors (Lipinski definition) is 3. The van der Waals surface area contributed by atoms with Crippen LogP contribution in [0.5, 0.6) is 0 Å². The largest absolute Gasteiger partial charge is 0.419 e. The van der Waals surface area contributed by atoms with E-state index in [1.54, 1.807) is 18.2 Å². The van der Waals surface area contributed by atoms with E-state index in [0.29, 0.717) is 23.1 Å². The van der Waals surface area contributed by atoms with E-state index in [1.807, 2.05) is 0 Å². The van der Waals surface area contributed by atoms with Gasteiger partial charge in [-0.3, -0.25) is 4.79 Å². The number of benzene rings is 2. The summed E-state index contributed by atoms with van der Waals surface area (Å²) in [5.74, 6) is -2.24. The van der Waals surface area contributed by atoms with Gasteiger partial charge in [0.05, 0.1) is 10.9 Å². The molecule has 1 aromatic heterocycles. The number of carbonyl (C=O) groups is 1. The zero-order valence-corrected chi connectivity index (χ0v) is 13.2. The van der Waals surface area contributed by atoms with Crippen LogP contribution in [0.4, 0.5) is 23.4 Å². The van der Waals surface area contributed by atoms with E-state index in [0.717, 1.165) is 10.5 Å². The molecule has 0 unspecified atom stereocenters. The number of rotatable bonds is 2. The van der Waals surface area contributed by atoms with Gasteiger partial charge in [-0.2, -0.15) is 13.2 Å². The molecule has 0 aliphatic carbocycles. The Balaban J connectivity index is 1.88. The van der Waals surface area contributed by atoms with Gasteiger partial charge >= 0.3 is 6.18 Å². The summed E-state index contributed by atoms with van der Waals surface area (Å²) in [6.07, 6.45) is -4.82. The molecule has 0 aliphatic rings. The van der Waals surface area contributed by atoms with Gasteiger partial charge in [-0.1, -0.05) is 21.1 Å². The second kappa shape index (κ2) is 5.90. The smallest absolute Gasteiger partial charge is 0.354 e. The van der Waals surface area contributed by atoms with Gasteiger partial charge in [0, 0.05) is 10.0 Å². The standard InChI is InChI=1S/C15H7BrF4N2O2/c16-8-2-3-9-12(6-8)24-22-13(9)21-14(23)7-1-4-10(11(17)5-7)15(18,19)20/h1-6H,(H,21,22,23). The molecule has 1 N–H and O–H groups in total. The van der Waals surface area contributed by atoms with Crippen molar-refractivity contribution >= 4 is 38.6 Å². The average Bonchev–Trinajstić information content (AvgIpc) is 2.87. The molecule has 0 aliphatic heterocycles. The Morgan fingerprint density at radius 1 is 1.17 bits per heavy atom. The lowest BCUT2D eigenvalue weighted by Crippen LogP contribution is -2.14. The Bertz CT molecular complexity index is 937. The fraction of sp³-hybridized carbons (Fsp3) is 0.0667.